The number of benzene rings is 1. The number of aromatic nitrogens is 1. The monoisotopic (exact) mass is 426 g/mol. The second kappa shape index (κ2) is 10.5. The molecule has 0 unspecified atom stereocenters. The summed E-state index contributed by atoms with van der Waals surface area (Å²) in [6.07, 6.45) is -2.68. The van der Waals surface area contributed by atoms with E-state index in [2.05, 4.69) is 15.0 Å². The number of nitrogens with one attached hydrogen (secondary N) is 1. The minimum atomic E-state index is -4.45. The quantitative estimate of drug-likeness (QED) is 0.456. The molecule has 162 valence electrons. The number of carbonyl (C=O) groups is 2. The molecular weight excluding hydrogens is 405 g/mol. The molecule has 0 aliphatic carbocycles. The van der Waals surface area contributed by atoms with Gasteiger partial charge in [-0.25, -0.2) is 4.98 Å². The zero-order valence-electron chi connectivity index (χ0n) is 16.4. The first-order chi connectivity index (χ1) is 14.2. The molecule has 1 heterocycles. The van der Waals surface area contributed by atoms with Crippen molar-refractivity contribution in [2.45, 2.75) is 25.9 Å². The fraction of sp³-hybridized carbons (Fsp3) is 0.350. The SMILES string of the molecule is COc1cc(C(C)=O)ccc1OCCCC(=O)Nc1ccc(OCC(F)(F)F)nc1. The molecule has 1 aromatic carbocycles. The lowest BCUT2D eigenvalue weighted by molar-refractivity contribution is -0.154. The molecule has 1 N–H and O–H groups in total. The lowest BCUT2D eigenvalue weighted by Gasteiger charge is -2.12. The zero-order valence-corrected chi connectivity index (χ0v) is 16.4. The van der Waals surface area contributed by atoms with E-state index in [4.69, 9.17) is 9.47 Å². The summed E-state index contributed by atoms with van der Waals surface area (Å²) < 4.78 is 51.6. The molecule has 0 aliphatic heterocycles. The normalized spacial score (nSPS) is 11.0. The van der Waals surface area contributed by atoms with Gasteiger partial charge < -0.3 is 19.5 Å². The number of nitrogens with zero attached hydrogens (tertiary/aromatic N) is 1. The third-order valence-electron chi connectivity index (χ3n) is 3.78. The van der Waals surface area contributed by atoms with Gasteiger partial charge in [-0.05, 0) is 37.6 Å². The van der Waals surface area contributed by atoms with Gasteiger partial charge >= 0.3 is 6.18 Å². The Kier molecular flexibility index (Phi) is 8.02. The van der Waals surface area contributed by atoms with Gasteiger partial charge in [0.1, 0.15) is 0 Å². The number of anilines is 1. The van der Waals surface area contributed by atoms with E-state index >= 15 is 0 Å². The molecule has 7 nitrogen and oxygen atoms in total. The van der Waals surface area contributed by atoms with Crippen molar-refractivity contribution in [2.75, 3.05) is 25.6 Å². The van der Waals surface area contributed by atoms with Crippen molar-refractivity contribution in [1.82, 2.24) is 4.98 Å². The number of hydrogen-bond acceptors (Lipinski definition) is 6. The van der Waals surface area contributed by atoms with E-state index in [1.807, 2.05) is 0 Å². The van der Waals surface area contributed by atoms with Crippen LogP contribution in [0.25, 0.3) is 0 Å². The number of halogens is 3. The van der Waals surface area contributed by atoms with Crippen molar-refractivity contribution >= 4 is 17.4 Å². The Balaban J connectivity index is 1.75. The van der Waals surface area contributed by atoms with E-state index in [0.29, 0.717) is 29.2 Å². The lowest BCUT2D eigenvalue weighted by Crippen LogP contribution is -2.19. The van der Waals surface area contributed by atoms with Gasteiger partial charge in [-0.1, -0.05) is 0 Å². The summed E-state index contributed by atoms with van der Waals surface area (Å²) in [5.74, 6) is 0.297. The standard InChI is InChI=1S/C20H21F3N2O5/c1-13(26)14-5-7-16(17(10-14)28-2)29-9-3-4-18(27)25-15-6-8-19(24-11-15)30-12-20(21,22)23/h5-8,10-11H,3-4,9,12H2,1-2H3,(H,25,27). The summed E-state index contributed by atoms with van der Waals surface area (Å²) in [6, 6.07) is 7.47. The first-order valence-electron chi connectivity index (χ1n) is 8.95. The predicted octanol–water partition coefficient (Wildman–Crippen LogP) is 4.03. The van der Waals surface area contributed by atoms with Gasteiger partial charge in [-0.15, -0.1) is 0 Å². The highest BCUT2D eigenvalue weighted by Gasteiger charge is 2.28. The van der Waals surface area contributed by atoms with Crippen LogP contribution >= 0.6 is 0 Å². The summed E-state index contributed by atoms with van der Waals surface area (Å²) in [6.45, 7) is 0.256. The van der Waals surface area contributed by atoms with Gasteiger partial charge in [0.05, 0.1) is 25.6 Å². The molecule has 0 bridgehead atoms. The van der Waals surface area contributed by atoms with Crippen LogP contribution in [0, 0.1) is 0 Å². The van der Waals surface area contributed by atoms with Gasteiger partial charge in [-0.2, -0.15) is 13.2 Å². The molecule has 0 saturated carbocycles. The third-order valence-corrected chi connectivity index (χ3v) is 3.78. The van der Waals surface area contributed by atoms with E-state index in [-0.39, 0.29) is 30.6 Å². The van der Waals surface area contributed by atoms with Crippen molar-refractivity contribution < 1.29 is 37.0 Å². The number of ether oxygens (including phenoxy) is 3. The molecule has 30 heavy (non-hydrogen) atoms. The maximum Gasteiger partial charge on any atom is 0.422 e. The lowest BCUT2D eigenvalue weighted by atomic mass is 10.1. The fourth-order valence-corrected chi connectivity index (χ4v) is 2.34. The molecule has 0 atom stereocenters. The van der Waals surface area contributed by atoms with Crippen LogP contribution in [0.1, 0.15) is 30.1 Å². The first-order valence-corrected chi connectivity index (χ1v) is 8.95. The number of methoxy groups -OCH3 is 1. The highest BCUT2D eigenvalue weighted by atomic mass is 19.4. The molecule has 0 saturated heterocycles. The van der Waals surface area contributed by atoms with Crippen LogP contribution in [0.4, 0.5) is 18.9 Å². The molecule has 0 radical (unpaired) electrons. The van der Waals surface area contributed by atoms with Crippen molar-refractivity contribution in [2.24, 2.45) is 0 Å². The molecule has 1 amide bonds. The van der Waals surface area contributed by atoms with Gasteiger partial charge in [0.15, 0.2) is 23.9 Å². The van der Waals surface area contributed by atoms with Gasteiger partial charge in [0, 0.05) is 18.1 Å². The number of carbonyl (C=O) groups excluding carboxylic acids is 2. The number of amides is 1. The Labute approximate surface area is 171 Å². The van der Waals surface area contributed by atoms with Gasteiger partial charge in [0.2, 0.25) is 11.8 Å². The second-order valence-corrected chi connectivity index (χ2v) is 6.21. The van der Waals surface area contributed by atoms with E-state index in [1.165, 1.54) is 32.4 Å². The fourth-order valence-electron chi connectivity index (χ4n) is 2.34. The number of hydrogen-bond donors (Lipinski definition) is 1. The maximum absolute atomic E-state index is 12.1. The molecule has 10 heteroatoms. The number of pyridine rings is 1. The molecule has 0 spiro atoms. The van der Waals surface area contributed by atoms with E-state index in [9.17, 15) is 22.8 Å². The Morgan fingerprint density at radius 2 is 1.87 bits per heavy atom. The predicted molar refractivity (Wildman–Crippen MR) is 102 cm³/mol. The smallest absolute Gasteiger partial charge is 0.422 e. The average molecular weight is 426 g/mol. The Morgan fingerprint density at radius 3 is 2.47 bits per heavy atom. The Bertz CT molecular complexity index is 870. The van der Waals surface area contributed by atoms with Crippen LogP contribution in [0.2, 0.25) is 0 Å². The maximum atomic E-state index is 12.1. The van der Waals surface area contributed by atoms with E-state index < -0.39 is 12.8 Å². The van der Waals surface area contributed by atoms with Crippen molar-refractivity contribution in [3.05, 3.63) is 42.1 Å². The minimum Gasteiger partial charge on any atom is -0.493 e. The molecule has 1 aromatic heterocycles. The summed E-state index contributed by atoms with van der Waals surface area (Å²) in [4.78, 5) is 27.1. The molecule has 0 aliphatic rings. The summed E-state index contributed by atoms with van der Waals surface area (Å²) in [5.41, 5.74) is 0.837. The number of ketones is 1. The van der Waals surface area contributed by atoms with Crippen LogP contribution < -0.4 is 19.5 Å². The van der Waals surface area contributed by atoms with Crippen molar-refractivity contribution in [1.29, 1.82) is 0 Å². The molecular formula is C20H21F3N2O5. The highest BCUT2D eigenvalue weighted by Crippen LogP contribution is 2.28. The minimum absolute atomic E-state index is 0.0917. The van der Waals surface area contributed by atoms with Crippen LogP contribution in [0.3, 0.4) is 0 Å². The third kappa shape index (κ3) is 7.61. The number of rotatable bonds is 10. The number of alkyl halides is 3. The van der Waals surface area contributed by atoms with Crippen molar-refractivity contribution in [3.8, 4) is 17.4 Å². The van der Waals surface area contributed by atoms with Gasteiger partial charge in [-0.3, -0.25) is 9.59 Å². The van der Waals surface area contributed by atoms with Crippen LogP contribution in [-0.4, -0.2) is 43.2 Å². The first kappa shape index (κ1) is 23.0. The summed E-state index contributed by atoms with van der Waals surface area (Å²) in [5, 5.41) is 2.59. The molecule has 2 aromatic rings. The van der Waals surface area contributed by atoms with Crippen LogP contribution in [-0.2, 0) is 4.79 Å². The van der Waals surface area contributed by atoms with E-state index in [0.717, 1.165) is 0 Å². The second-order valence-electron chi connectivity index (χ2n) is 6.21. The Morgan fingerprint density at radius 1 is 1.10 bits per heavy atom. The number of Topliss-reactive ketones (excluding diaryl/α,β-unsaturated/α-hetero) is 1. The Hall–Kier alpha value is -3.30. The van der Waals surface area contributed by atoms with Crippen LogP contribution in [0.5, 0.6) is 17.4 Å². The largest absolute Gasteiger partial charge is 0.493 e. The molecule has 2 rings (SSSR count). The summed E-state index contributed by atoms with van der Waals surface area (Å²) in [7, 11) is 1.47. The van der Waals surface area contributed by atoms with Crippen molar-refractivity contribution in [3.63, 3.8) is 0 Å². The molecule has 0 fully saturated rings. The van der Waals surface area contributed by atoms with E-state index in [1.54, 1.807) is 18.2 Å². The highest BCUT2D eigenvalue weighted by molar-refractivity contribution is 5.94. The average Bonchev–Trinajstić information content (AvgIpc) is 2.70. The van der Waals surface area contributed by atoms with Gasteiger partial charge in [0.25, 0.3) is 0 Å². The zero-order chi connectivity index (χ0) is 22.1. The topological polar surface area (TPSA) is 86.8 Å². The summed E-state index contributed by atoms with van der Waals surface area (Å²) >= 11 is 0. The van der Waals surface area contributed by atoms with Crippen LogP contribution in [0.15, 0.2) is 36.5 Å².